The van der Waals surface area contributed by atoms with Gasteiger partial charge in [0.2, 0.25) is 23.6 Å². The number of carboxylic acid groups (broad SMARTS) is 1. The SMILES string of the molecule is CSCCC(NC(=O)C(CC(C)C)NC(=O)C(Cc1c[nH]c2ccccc12)NC(=O)C(N)CC(N)=O)C(=O)O. The topological polar surface area (TPSA) is 210 Å². The van der Waals surface area contributed by atoms with Crippen LogP contribution in [0.1, 0.15) is 38.7 Å². The zero-order valence-electron chi connectivity index (χ0n) is 22.4. The maximum absolute atomic E-state index is 13.5. The highest BCUT2D eigenvalue weighted by Gasteiger charge is 2.31. The summed E-state index contributed by atoms with van der Waals surface area (Å²) in [7, 11) is 0. The van der Waals surface area contributed by atoms with E-state index < -0.39 is 60.2 Å². The second kappa shape index (κ2) is 15.1. The molecule has 9 N–H and O–H groups in total. The summed E-state index contributed by atoms with van der Waals surface area (Å²) < 4.78 is 0. The van der Waals surface area contributed by atoms with Gasteiger partial charge in [-0.1, -0.05) is 32.0 Å². The molecule has 0 fully saturated rings. The fourth-order valence-corrected chi connectivity index (χ4v) is 4.53. The fourth-order valence-electron chi connectivity index (χ4n) is 4.06. The van der Waals surface area contributed by atoms with Crippen LogP contribution in [0.2, 0.25) is 0 Å². The molecule has 12 nitrogen and oxygen atoms in total. The third kappa shape index (κ3) is 9.91. The van der Waals surface area contributed by atoms with Crippen LogP contribution in [0.3, 0.4) is 0 Å². The Morgan fingerprint density at radius 2 is 1.59 bits per heavy atom. The highest BCUT2D eigenvalue weighted by atomic mass is 32.2. The summed E-state index contributed by atoms with van der Waals surface area (Å²) in [6.07, 6.45) is 3.68. The van der Waals surface area contributed by atoms with Gasteiger partial charge in [0.15, 0.2) is 0 Å². The summed E-state index contributed by atoms with van der Waals surface area (Å²) in [5, 5.41) is 18.2. The Balaban J connectivity index is 2.29. The number of thioether (sulfide) groups is 1. The minimum Gasteiger partial charge on any atom is -0.480 e. The number of primary amides is 1. The van der Waals surface area contributed by atoms with Crippen LogP contribution in [0, 0.1) is 5.92 Å². The summed E-state index contributed by atoms with van der Waals surface area (Å²) in [6.45, 7) is 3.73. The first-order valence-electron chi connectivity index (χ1n) is 12.6. The molecule has 13 heteroatoms. The van der Waals surface area contributed by atoms with E-state index in [0.717, 1.165) is 16.5 Å². The van der Waals surface area contributed by atoms with Gasteiger partial charge in [-0.15, -0.1) is 0 Å². The van der Waals surface area contributed by atoms with Crippen LogP contribution in [-0.2, 0) is 30.4 Å². The van der Waals surface area contributed by atoms with E-state index in [1.165, 1.54) is 11.8 Å². The average Bonchev–Trinajstić information content (AvgIpc) is 3.27. The Bertz CT molecular complexity index is 1170. The van der Waals surface area contributed by atoms with Gasteiger partial charge in [-0.25, -0.2) is 4.79 Å². The molecule has 2 aromatic rings. The molecule has 1 aromatic carbocycles. The molecule has 1 aromatic heterocycles. The molecule has 4 unspecified atom stereocenters. The highest BCUT2D eigenvalue weighted by molar-refractivity contribution is 7.98. The number of hydrogen-bond donors (Lipinski definition) is 7. The first kappa shape index (κ1) is 31.6. The normalized spacial score (nSPS) is 14.3. The van der Waals surface area contributed by atoms with Gasteiger partial charge in [-0.2, -0.15) is 11.8 Å². The van der Waals surface area contributed by atoms with Crippen LogP contribution >= 0.6 is 11.8 Å². The number of nitrogens with one attached hydrogen (secondary N) is 4. The number of carboxylic acids is 1. The molecule has 4 atom stereocenters. The van der Waals surface area contributed by atoms with E-state index in [2.05, 4.69) is 20.9 Å². The maximum Gasteiger partial charge on any atom is 0.326 e. The Morgan fingerprint density at radius 1 is 0.974 bits per heavy atom. The predicted octanol–water partition coefficient (Wildman–Crippen LogP) is 0.251. The lowest BCUT2D eigenvalue weighted by molar-refractivity contribution is -0.142. The molecule has 4 amide bonds. The summed E-state index contributed by atoms with van der Waals surface area (Å²) in [6, 6.07) is 2.87. The number of nitrogens with two attached hydrogens (primary N) is 2. The summed E-state index contributed by atoms with van der Waals surface area (Å²) >= 11 is 1.46. The fraction of sp³-hybridized carbons (Fsp3) is 0.500. The number of rotatable bonds is 16. The van der Waals surface area contributed by atoms with Crippen LogP contribution < -0.4 is 27.4 Å². The maximum atomic E-state index is 13.5. The lowest BCUT2D eigenvalue weighted by atomic mass is 10.00. The predicted molar refractivity (Wildman–Crippen MR) is 150 cm³/mol. The molecule has 0 aliphatic carbocycles. The molecule has 0 spiro atoms. The van der Waals surface area contributed by atoms with Crippen molar-refractivity contribution in [3.63, 3.8) is 0 Å². The molecule has 0 bridgehead atoms. The van der Waals surface area contributed by atoms with Gasteiger partial charge in [0.1, 0.15) is 18.1 Å². The van der Waals surface area contributed by atoms with Crippen molar-refractivity contribution in [2.75, 3.05) is 12.0 Å². The van der Waals surface area contributed by atoms with Crippen LogP contribution in [-0.4, -0.2) is 75.9 Å². The quantitative estimate of drug-likeness (QED) is 0.150. The molecular formula is C26H38N6O6S. The average molecular weight is 563 g/mol. The van der Waals surface area contributed by atoms with Crippen LogP contribution in [0.15, 0.2) is 30.5 Å². The number of carbonyl (C=O) groups is 5. The van der Waals surface area contributed by atoms with Crippen molar-refractivity contribution in [1.29, 1.82) is 0 Å². The van der Waals surface area contributed by atoms with Gasteiger partial charge >= 0.3 is 5.97 Å². The molecule has 0 saturated carbocycles. The highest BCUT2D eigenvalue weighted by Crippen LogP contribution is 2.19. The number of hydrogen-bond acceptors (Lipinski definition) is 7. The lowest BCUT2D eigenvalue weighted by Gasteiger charge is -2.26. The molecule has 39 heavy (non-hydrogen) atoms. The minimum absolute atomic E-state index is 0.0128. The van der Waals surface area contributed by atoms with Crippen molar-refractivity contribution in [1.82, 2.24) is 20.9 Å². The summed E-state index contributed by atoms with van der Waals surface area (Å²) in [4.78, 5) is 65.4. The minimum atomic E-state index is -1.26. The van der Waals surface area contributed by atoms with Gasteiger partial charge in [0, 0.05) is 23.5 Å². The Hall–Kier alpha value is -3.58. The zero-order chi connectivity index (χ0) is 29.1. The first-order valence-corrected chi connectivity index (χ1v) is 14.0. The molecule has 0 aliphatic rings. The summed E-state index contributed by atoms with van der Waals surface area (Å²) in [5.74, 6) is -3.45. The molecule has 2 rings (SSSR count). The van der Waals surface area contributed by atoms with Crippen molar-refractivity contribution < 1.29 is 29.1 Å². The van der Waals surface area contributed by atoms with E-state index in [1.54, 1.807) is 6.20 Å². The molecule has 1 heterocycles. The number of aromatic nitrogens is 1. The Labute approximate surface area is 231 Å². The van der Waals surface area contributed by atoms with Crippen LogP contribution in [0.25, 0.3) is 10.9 Å². The number of carbonyl (C=O) groups excluding carboxylic acids is 4. The number of aromatic amines is 1. The third-order valence-electron chi connectivity index (χ3n) is 6.06. The molecule has 0 aliphatic heterocycles. The van der Waals surface area contributed by atoms with E-state index in [9.17, 15) is 29.1 Å². The van der Waals surface area contributed by atoms with Gasteiger partial charge in [0.05, 0.1) is 12.5 Å². The molecule has 214 valence electrons. The Kier molecular flexibility index (Phi) is 12.3. The van der Waals surface area contributed by atoms with Crippen LogP contribution in [0.4, 0.5) is 0 Å². The van der Waals surface area contributed by atoms with E-state index in [-0.39, 0.29) is 25.2 Å². The second-order valence-electron chi connectivity index (χ2n) is 9.77. The number of H-pyrrole nitrogens is 1. The van der Waals surface area contributed by atoms with Gasteiger partial charge in [-0.05, 0) is 42.4 Å². The Morgan fingerprint density at radius 3 is 2.21 bits per heavy atom. The largest absolute Gasteiger partial charge is 0.480 e. The van der Waals surface area contributed by atoms with E-state index in [1.807, 2.05) is 44.4 Å². The van der Waals surface area contributed by atoms with E-state index >= 15 is 0 Å². The number of benzene rings is 1. The second-order valence-corrected chi connectivity index (χ2v) is 10.8. The van der Waals surface area contributed by atoms with Crippen LogP contribution in [0.5, 0.6) is 0 Å². The number of para-hydroxylation sites is 1. The van der Waals surface area contributed by atoms with Crippen molar-refractivity contribution in [2.45, 2.75) is 63.7 Å². The van der Waals surface area contributed by atoms with Gasteiger partial charge < -0.3 is 37.5 Å². The molecule has 0 saturated heterocycles. The van der Waals surface area contributed by atoms with E-state index in [4.69, 9.17) is 11.5 Å². The van der Waals surface area contributed by atoms with Crippen molar-refractivity contribution in [2.24, 2.45) is 17.4 Å². The van der Waals surface area contributed by atoms with Gasteiger partial charge in [0.25, 0.3) is 0 Å². The number of amides is 4. The number of fused-ring (bicyclic) bond motifs is 1. The zero-order valence-corrected chi connectivity index (χ0v) is 23.2. The summed E-state index contributed by atoms with van der Waals surface area (Å²) in [5.41, 5.74) is 12.5. The number of aliphatic carboxylic acids is 1. The lowest BCUT2D eigenvalue weighted by Crippen LogP contribution is -2.58. The molecule has 0 radical (unpaired) electrons. The van der Waals surface area contributed by atoms with Crippen molar-refractivity contribution in [3.05, 3.63) is 36.0 Å². The monoisotopic (exact) mass is 562 g/mol. The van der Waals surface area contributed by atoms with Crippen molar-refractivity contribution >= 4 is 52.3 Å². The van der Waals surface area contributed by atoms with Gasteiger partial charge in [-0.3, -0.25) is 19.2 Å². The standard InChI is InChI=1S/C26H38N6O6S/c1-14(2)10-20(24(35)30-19(26(37)38)8-9-39-3)32-25(36)21(31-23(34)17(27)12-22(28)33)11-15-13-29-18-7-5-4-6-16(15)18/h4-7,13-14,17,19-21,29H,8-12,27H2,1-3H3,(H2,28,33)(H,30,35)(H,31,34)(H,32,36)(H,37,38). The first-order chi connectivity index (χ1) is 18.4. The smallest absolute Gasteiger partial charge is 0.326 e. The molecular weight excluding hydrogens is 524 g/mol. The van der Waals surface area contributed by atoms with E-state index in [0.29, 0.717) is 5.75 Å². The van der Waals surface area contributed by atoms with Crippen molar-refractivity contribution in [3.8, 4) is 0 Å². The third-order valence-corrected chi connectivity index (χ3v) is 6.70.